The molecule has 2 heterocycles. The first-order chi connectivity index (χ1) is 20.5. The van der Waals surface area contributed by atoms with E-state index in [1.807, 2.05) is 43.3 Å². The van der Waals surface area contributed by atoms with Gasteiger partial charge in [0, 0.05) is 36.1 Å². The highest BCUT2D eigenvalue weighted by molar-refractivity contribution is 5.86. The van der Waals surface area contributed by atoms with Crippen LogP contribution in [0.1, 0.15) is 27.8 Å². The van der Waals surface area contributed by atoms with Crippen molar-refractivity contribution in [3.05, 3.63) is 101 Å². The van der Waals surface area contributed by atoms with E-state index in [4.69, 9.17) is 14.1 Å². The molecule has 3 N–H and O–H groups in total. The Hall–Kier alpha value is -5.31. The molecule has 11 heteroatoms. The zero-order valence-corrected chi connectivity index (χ0v) is 22.7. The molecule has 3 aromatic carbocycles. The lowest BCUT2D eigenvalue weighted by atomic mass is 9.97. The molecule has 0 aliphatic rings. The Morgan fingerprint density at radius 3 is 2.57 bits per heavy atom. The SMILES string of the molecule is Cc1c(COc2cc(OCc3cncc(C#N)c3)c(CNC(CO)C(=O)O)c3nonc23)cccc1-c1ccccc1. The van der Waals surface area contributed by atoms with Crippen LogP contribution in [0.5, 0.6) is 11.5 Å². The highest BCUT2D eigenvalue weighted by atomic mass is 16.6. The number of carboxylic acids is 1. The second-order valence-corrected chi connectivity index (χ2v) is 9.49. The number of carbonyl (C=O) groups is 1. The largest absolute Gasteiger partial charge is 0.488 e. The Morgan fingerprint density at radius 2 is 1.81 bits per heavy atom. The van der Waals surface area contributed by atoms with E-state index in [-0.39, 0.29) is 19.8 Å². The van der Waals surface area contributed by atoms with Crippen LogP contribution in [0.25, 0.3) is 22.2 Å². The second kappa shape index (κ2) is 12.9. The maximum Gasteiger partial charge on any atom is 0.323 e. The molecule has 5 aromatic rings. The number of aliphatic hydroxyl groups excluding tert-OH is 1. The summed E-state index contributed by atoms with van der Waals surface area (Å²) in [5.41, 5.74) is 6.40. The zero-order valence-electron chi connectivity index (χ0n) is 22.7. The minimum atomic E-state index is -1.21. The fourth-order valence-corrected chi connectivity index (χ4v) is 4.52. The average molecular weight is 566 g/mol. The van der Waals surface area contributed by atoms with E-state index < -0.39 is 18.6 Å². The summed E-state index contributed by atoms with van der Waals surface area (Å²) >= 11 is 0. The molecule has 0 aliphatic carbocycles. The predicted octanol–water partition coefficient (Wildman–Crippen LogP) is 4.16. The van der Waals surface area contributed by atoms with Gasteiger partial charge in [0.05, 0.1) is 12.2 Å². The number of nitrogens with one attached hydrogen (secondary N) is 1. The minimum Gasteiger partial charge on any atom is -0.488 e. The van der Waals surface area contributed by atoms with Crippen molar-refractivity contribution in [2.75, 3.05) is 6.61 Å². The van der Waals surface area contributed by atoms with Gasteiger partial charge in [-0.15, -0.1) is 0 Å². The number of hydrogen-bond acceptors (Lipinski definition) is 10. The van der Waals surface area contributed by atoms with E-state index in [0.717, 1.165) is 22.3 Å². The lowest BCUT2D eigenvalue weighted by Crippen LogP contribution is -2.39. The number of aromatic nitrogens is 3. The molecule has 0 bridgehead atoms. The Kier molecular flexibility index (Phi) is 8.67. The molecule has 0 radical (unpaired) electrons. The van der Waals surface area contributed by atoms with Crippen molar-refractivity contribution in [3.63, 3.8) is 0 Å². The quantitative estimate of drug-likeness (QED) is 0.199. The van der Waals surface area contributed by atoms with Gasteiger partial charge < -0.3 is 19.7 Å². The molecule has 5 rings (SSSR count). The number of hydrogen-bond donors (Lipinski definition) is 3. The molecule has 0 amide bonds. The third-order valence-corrected chi connectivity index (χ3v) is 6.81. The maximum absolute atomic E-state index is 11.5. The number of pyridine rings is 1. The van der Waals surface area contributed by atoms with Crippen molar-refractivity contribution < 1.29 is 29.1 Å². The average Bonchev–Trinajstić information content (AvgIpc) is 3.51. The number of aliphatic carboxylic acids is 1. The van der Waals surface area contributed by atoms with Crippen LogP contribution < -0.4 is 14.8 Å². The summed E-state index contributed by atoms with van der Waals surface area (Å²) in [5.74, 6) is -0.516. The van der Waals surface area contributed by atoms with E-state index in [2.05, 4.69) is 38.8 Å². The summed E-state index contributed by atoms with van der Waals surface area (Å²) < 4.78 is 17.4. The fraction of sp³-hybridized carbons (Fsp3) is 0.194. The van der Waals surface area contributed by atoms with Crippen LogP contribution in [0, 0.1) is 18.3 Å². The van der Waals surface area contributed by atoms with Crippen LogP contribution in [-0.4, -0.2) is 44.1 Å². The van der Waals surface area contributed by atoms with Crippen LogP contribution in [0.3, 0.4) is 0 Å². The van der Waals surface area contributed by atoms with Crippen LogP contribution in [0.4, 0.5) is 0 Å². The smallest absolute Gasteiger partial charge is 0.323 e. The van der Waals surface area contributed by atoms with Crippen molar-refractivity contribution in [3.8, 4) is 28.7 Å². The topological polar surface area (TPSA) is 164 Å². The molecule has 0 aliphatic heterocycles. The van der Waals surface area contributed by atoms with Crippen LogP contribution >= 0.6 is 0 Å². The molecular weight excluding hydrogens is 538 g/mol. The number of rotatable bonds is 12. The van der Waals surface area contributed by atoms with Gasteiger partial charge in [0.25, 0.3) is 0 Å². The Labute approximate surface area is 240 Å². The lowest BCUT2D eigenvalue weighted by molar-refractivity contribution is -0.140. The molecule has 0 saturated carbocycles. The highest BCUT2D eigenvalue weighted by Gasteiger charge is 2.23. The molecular formula is C31H27N5O6. The minimum absolute atomic E-state index is 0.0213. The summed E-state index contributed by atoms with van der Waals surface area (Å²) in [5, 5.41) is 39.0. The summed E-state index contributed by atoms with van der Waals surface area (Å²) in [6, 6.07) is 20.3. The number of aliphatic hydroxyl groups is 1. The molecule has 42 heavy (non-hydrogen) atoms. The third kappa shape index (κ3) is 6.20. The Morgan fingerprint density at radius 1 is 1.02 bits per heavy atom. The van der Waals surface area contributed by atoms with Crippen molar-refractivity contribution in [1.29, 1.82) is 5.26 Å². The molecule has 0 saturated heterocycles. The summed E-state index contributed by atoms with van der Waals surface area (Å²) in [7, 11) is 0. The van der Waals surface area contributed by atoms with Crippen LogP contribution in [0.15, 0.2) is 77.7 Å². The van der Waals surface area contributed by atoms with Gasteiger partial charge in [-0.2, -0.15) is 5.26 Å². The lowest BCUT2D eigenvalue weighted by Gasteiger charge is -2.17. The van der Waals surface area contributed by atoms with Gasteiger partial charge >= 0.3 is 5.97 Å². The van der Waals surface area contributed by atoms with Crippen molar-refractivity contribution in [2.45, 2.75) is 32.7 Å². The molecule has 0 spiro atoms. The Bertz CT molecular complexity index is 1750. The number of ether oxygens (including phenoxy) is 2. The van der Waals surface area contributed by atoms with Gasteiger partial charge in [-0.3, -0.25) is 15.1 Å². The molecule has 1 atom stereocenters. The fourth-order valence-electron chi connectivity index (χ4n) is 4.52. The first-order valence-corrected chi connectivity index (χ1v) is 13.1. The maximum atomic E-state index is 11.5. The number of fused-ring (bicyclic) bond motifs is 1. The van der Waals surface area contributed by atoms with Gasteiger partial charge in [0.2, 0.25) is 0 Å². The van der Waals surface area contributed by atoms with Gasteiger partial charge in [-0.05, 0) is 45.6 Å². The number of nitriles is 1. The van der Waals surface area contributed by atoms with E-state index >= 15 is 0 Å². The van der Waals surface area contributed by atoms with E-state index in [9.17, 15) is 20.3 Å². The summed E-state index contributed by atoms with van der Waals surface area (Å²) in [4.78, 5) is 15.6. The second-order valence-electron chi connectivity index (χ2n) is 9.49. The number of nitrogens with zero attached hydrogens (tertiary/aromatic N) is 4. The van der Waals surface area contributed by atoms with Crippen LogP contribution in [-0.2, 0) is 24.6 Å². The molecule has 212 valence electrons. The predicted molar refractivity (Wildman–Crippen MR) is 151 cm³/mol. The Balaban J connectivity index is 1.47. The van der Waals surface area contributed by atoms with E-state index in [1.54, 1.807) is 18.3 Å². The number of carboxylic acid groups (broad SMARTS) is 1. The number of benzene rings is 3. The highest BCUT2D eigenvalue weighted by Crippen LogP contribution is 2.36. The monoisotopic (exact) mass is 565 g/mol. The standard InChI is InChI=1S/C31H27N5O6/c1-19-23(8-5-9-24(19)22-6-3-2-4-7-22)18-41-28-11-27(40-17-21-10-20(12-32)13-33-14-21)25(29-30(28)36-42-35-29)15-34-26(16-37)31(38)39/h2-11,13-14,26,34,37H,15-18H2,1H3,(H,38,39). The van der Waals surface area contributed by atoms with Crippen molar-refractivity contribution in [2.24, 2.45) is 0 Å². The molecule has 2 aromatic heterocycles. The van der Waals surface area contributed by atoms with Gasteiger partial charge in [0.15, 0.2) is 11.3 Å². The molecule has 0 fully saturated rings. The van der Waals surface area contributed by atoms with Gasteiger partial charge in [-0.1, -0.05) is 48.5 Å². The normalized spacial score (nSPS) is 11.6. The van der Waals surface area contributed by atoms with E-state index in [0.29, 0.717) is 39.2 Å². The van der Waals surface area contributed by atoms with E-state index in [1.165, 1.54) is 6.20 Å². The zero-order chi connectivity index (χ0) is 29.5. The van der Waals surface area contributed by atoms with Crippen molar-refractivity contribution >= 4 is 17.0 Å². The van der Waals surface area contributed by atoms with Gasteiger partial charge in [-0.25, -0.2) is 4.63 Å². The molecule has 1 unspecified atom stereocenters. The van der Waals surface area contributed by atoms with Crippen LogP contribution in [0.2, 0.25) is 0 Å². The third-order valence-electron chi connectivity index (χ3n) is 6.81. The first-order valence-electron chi connectivity index (χ1n) is 13.1. The summed E-state index contributed by atoms with van der Waals surface area (Å²) in [6.07, 6.45) is 3.04. The molecule has 11 nitrogen and oxygen atoms in total. The first kappa shape index (κ1) is 28.2. The van der Waals surface area contributed by atoms with Crippen molar-refractivity contribution in [1.82, 2.24) is 20.6 Å². The van der Waals surface area contributed by atoms with Gasteiger partial charge in [0.1, 0.15) is 36.6 Å². The summed E-state index contributed by atoms with van der Waals surface area (Å²) in [6.45, 7) is 1.70.